The Morgan fingerprint density at radius 3 is 2.26 bits per heavy atom. The van der Waals surface area contributed by atoms with Gasteiger partial charge in [0.15, 0.2) is 0 Å². The van der Waals surface area contributed by atoms with Crippen LogP contribution in [0.5, 0.6) is 5.75 Å². The summed E-state index contributed by atoms with van der Waals surface area (Å²) in [7, 11) is 0. The SMILES string of the molecule is O=C(O)c1ccc(NC(=O)C(O)(O)Cc2ccccc2)cc1O. The summed E-state index contributed by atoms with van der Waals surface area (Å²) in [6.45, 7) is 0. The number of amides is 1. The van der Waals surface area contributed by atoms with Crippen LogP contribution in [0.2, 0.25) is 0 Å². The van der Waals surface area contributed by atoms with Crippen molar-refractivity contribution in [2.75, 3.05) is 5.32 Å². The molecule has 120 valence electrons. The number of aromatic hydroxyl groups is 1. The van der Waals surface area contributed by atoms with Gasteiger partial charge in [-0.1, -0.05) is 30.3 Å². The quantitative estimate of drug-likeness (QED) is 0.523. The highest BCUT2D eigenvalue weighted by molar-refractivity contribution is 5.97. The van der Waals surface area contributed by atoms with Crippen LogP contribution < -0.4 is 5.32 Å². The van der Waals surface area contributed by atoms with Crippen molar-refractivity contribution in [3.05, 3.63) is 59.7 Å². The number of carboxylic acids is 1. The van der Waals surface area contributed by atoms with Crippen molar-refractivity contribution in [1.29, 1.82) is 0 Å². The molecule has 7 nitrogen and oxygen atoms in total. The summed E-state index contributed by atoms with van der Waals surface area (Å²) in [5.41, 5.74) is 0.265. The van der Waals surface area contributed by atoms with Crippen molar-refractivity contribution < 1.29 is 30.0 Å². The molecule has 2 rings (SSSR count). The number of nitrogens with one attached hydrogen (secondary N) is 1. The minimum Gasteiger partial charge on any atom is -0.507 e. The second kappa shape index (κ2) is 6.47. The van der Waals surface area contributed by atoms with Gasteiger partial charge in [-0.15, -0.1) is 0 Å². The number of anilines is 1. The molecule has 0 aromatic heterocycles. The van der Waals surface area contributed by atoms with E-state index in [2.05, 4.69) is 5.32 Å². The highest BCUT2D eigenvalue weighted by Crippen LogP contribution is 2.23. The third kappa shape index (κ3) is 4.06. The summed E-state index contributed by atoms with van der Waals surface area (Å²) in [6.07, 6.45) is -0.321. The van der Waals surface area contributed by atoms with Gasteiger partial charge in [0.25, 0.3) is 5.91 Å². The molecule has 0 saturated carbocycles. The number of hydrogen-bond acceptors (Lipinski definition) is 5. The molecule has 5 N–H and O–H groups in total. The smallest absolute Gasteiger partial charge is 0.339 e. The van der Waals surface area contributed by atoms with Crippen LogP contribution >= 0.6 is 0 Å². The van der Waals surface area contributed by atoms with E-state index in [1.807, 2.05) is 0 Å². The molecule has 0 atom stereocenters. The van der Waals surface area contributed by atoms with Crippen molar-refractivity contribution in [3.63, 3.8) is 0 Å². The fourth-order valence-corrected chi connectivity index (χ4v) is 1.98. The van der Waals surface area contributed by atoms with E-state index < -0.39 is 23.4 Å². The number of aromatic carboxylic acids is 1. The second-order valence-corrected chi connectivity index (χ2v) is 4.97. The van der Waals surface area contributed by atoms with E-state index in [1.54, 1.807) is 30.3 Å². The number of carbonyl (C=O) groups is 2. The van der Waals surface area contributed by atoms with Gasteiger partial charge in [-0.05, 0) is 17.7 Å². The van der Waals surface area contributed by atoms with Gasteiger partial charge in [0.05, 0.1) is 0 Å². The Labute approximate surface area is 131 Å². The van der Waals surface area contributed by atoms with Crippen LogP contribution in [0.25, 0.3) is 0 Å². The van der Waals surface area contributed by atoms with Crippen molar-refractivity contribution in [2.24, 2.45) is 0 Å². The third-order valence-electron chi connectivity index (χ3n) is 3.14. The molecule has 0 heterocycles. The molecule has 1 amide bonds. The molecule has 2 aromatic rings. The number of benzene rings is 2. The number of carbonyl (C=O) groups excluding carboxylic acids is 1. The first-order valence-electron chi connectivity index (χ1n) is 6.66. The zero-order valence-corrected chi connectivity index (χ0v) is 11.9. The van der Waals surface area contributed by atoms with Crippen LogP contribution in [-0.2, 0) is 11.2 Å². The molecular formula is C16H15NO6. The number of hydrogen-bond donors (Lipinski definition) is 5. The average molecular weight is 317 g/mol. The summed E-state index contributed by atoms with van der Waals surface area (Å²) < 4.78 is 0. The van der Waals surface area contributed by atoms with Crippen LogP contribution in [-0.4, -0.2) is 38.1 Å². The van der Waals surface area contributed by atoms with E-state index in [4.69, 9.17) is 5.11 Å². The highest BCUT2D eigenvalue weighted by atomic mass is 16.5. The zero-order chi connectivity index (χ0) is 17.0. The Kier molecular flexibility index (Phi) is 4.63. The fraction of sp³-hybridized carbons (Fsp3) is 0.125. The maximum Gasteiger partial charge on any atom is 0.339 e. The summed E-state index contributed by atoms with van der Waals surface area (Å²) in [5, 5.41) is 40.4. The first-order chi connectivity index (χ1) is 10.8. The standard InChI is InChI=1S/C16H15NO6/c18-13-8-11(6-7-12(13)14(19)20)17-15(21)16(22,23)9-10-4-2-1-3-5-10/h1-8,18,22-23H,9H2,(H,17,21)(H,19,20). The lowest BCUT2D eigenvalue weighted by molar-refractivity contribution is -0.178. The van der Waals surface area contributed by atoms with Gasteiger partial charge >= 0.3 is 5.97 Å². The third-order valence-corrected chi connectivity index (χ3v) is 3.14. The van der Waals surface area contributed by atoms with Crippen molar-refractivity contribution in [2.45, 2.75) is 12.2 Å². The predicted octanol–water partition coefficient (Wildman–Crippen LogP) is 0.952. The first-order valence-corrected chi connectivity index (χ1v) is 6.66. The molecule has 0 bridgehead atoms. The first kappa shape index (κ1) is 16.5. The molecule has 0 unspecified atom stereocenters. The fourth-order valence-electron chi connectivity index (χ4n) is 1.98. The zero-order valence-electron chi connectivity index (χ0n) is 11.9. The molecular weight excluding hydrogens is 302 g/mol. The van der Waals surface area contributed by atoms with E-state index in [0.717, 1.165) is 12.1 Å². The highest BCUT2D eigenvalue weighted by Gasteiger charge is 2.33. The Balaban J connectivity index is 2.11. The van der Waals surface area contributed by atoms with Crippen LogP contribution in [0.15, 0.2) is 48.5 Å². The number of carboxylic acid groups (broad SMARTS) is 1. The topological polar surface area (TPSA) is 127 Å². The van der Waals surface area contributed by atoms with E-state index in [9.17, 15) is 24.9 Å². The minimum atomic E-state index is -2.65. The maximum absolute atomic E-state index is 12.0. The molecule has 7 heteroatoms. The van der Waals surface area contributed by atoms with Crippen LogP contribution in [0.3, 0.4) is 0 Å². The van der Waals surface area contributed by atoms with Crippen LogP contribution in [0.4, 0.5) is 5.69 Å². The van der Waals surface area contributed by atoms with E-state index in [0.29, 0.717) is 5.56 Å². The summed E-state index contributed by atoms with van der Waals surface area (Å²) >= 11 is 0. The Morgan fingerprint density at radius 2 is 1.70 bits per heavy atom. The van der Waals surface area contributed by atoms with E-state index >= 15 is 0 Å². The molecule has 0 aliphatic rings. The van der Waals surface area contributed by atoms with E-state index in [1.165, 1.54) is 6.07 Å². The van der Waals surface area contributed by atoms with Gasteiger partial charge in [-0.25, -0.2) is 4.79 Å². The molecule has 0 aliphatic carbocycles. The van der Waals surface area contributed by atoms with Gasteiger partial charge in [0.1, 0.15) is 11.3 Å². The summed E-state index contributed by atoms with van der Waals surface area (Å²) in [5.74, 6) is -5.60. The molecule has 0 radical (unpaired) electrons. The van der Waals surface area contributed by atoms with E-state index in [-0.39, 0.29) is 17.7 Å². The molecule has 0 saturated heterocycles. The monoisotopic (exact) mass is 317 g/mol. The molecule has 23 heavy (non-hydrogen) atoms. The van der Waals surface area contributed by atoms with Crippen LogP contribution in [0, 0.1) is 0 Å². The second-order valence-electron chi connectivity index (χ2n) is 4.97. The van der Waals surface area contributed by atoms with Crippen molar-refractivity contribution in [3.8, 4) is 5.75 Å². The average Bonchev–Trinajstić information content (AvgIpc) is 2.47. The maximum atomic E-state index is 12.0. The minimum absolute atomic E-state index is 0.0398. The van der Waals surface area contributed by atoms with Gasteiger partial charge in [0, 0.05) is 18.2 Å². The van der Waals surface area contributed by atoms with Crippen molar-refractivity contribution >= 4 is 17.6 Å². The molecule has 0 aliphatic heterocycles. The molecule has 0 spiro atoms. The van der Waals surface area contributed by atoms with Crippen molar-refractivity contribution in [1.82, 2.24) is 0 Å². The Morgan fingerprint density at radius 1 is 1.04 bits per heavy atom. The lowest BCUT2D eigenvalue weighted by atomic mass is 10.0. The summed E-state index contributed by atoms with van der Waals surface area (Å²) in [4.78, 5) is 22.7. The molecule has 0 fully saturated rings. The Hall–Kier alpha value is -2.90. The Bertz CT molecular complexity index is 727. The van der Waals surface area contributed by atoms with Gasteiger partial charge in [-0.2, -0.15) is 0 Å². The number of phenols is 1. The normalized spacial score (nSPS) is 11.0. The predicted molar refractivity (Wildman–Crippen MR) is 81.0 cm³/mol. The number of aliphatic hydroxyl groups is 2. The lowest BCUT2D eigenvalue weighted by Crippen LogP contribution is -2.44. The number of rotatable bonds is 5. The van der Waals surface area contributed by atoms with Crippen LogP contribution in [0.1, 0.15) is 15.9 Å². The largest absolute Gasteiger partial charge is 0.507 e. The molecule has 2 aromatic carbocycles. The lowest BCUT2D eigenvalue weighted by Gasteiger charge is -2.21. The summed E-state index contributed by atoms with van der Waals surface area (Å²) in [6, 6.07) is 11.8. The van der Waals surface area contributed by atoms with Gasteiger partial charge < -0.3 is 25.7 Å². The van der Waals surface area contributed by atoms with Gasteiger partial charge in [0.2, 0.25) is 5.79 Å². The van der Waals surface area contributed by atoms with Gasteiger partial charge in [-0.3, -0.25) is 4.79 Å².